The van der Waals surface area contributed by atoms with Crippen LogP contribution < -0.4 is 0 Å². The van der Waals surface area contributed by atoms with E-state index < -0.39 is 55.6 Å². The topological polar surface area (TPSA) is 63.4 Å². The van der Waals surface area contributed by atoms with E-state index in [1.807, 2.05) is 0 Å². The number of benzene rings is 1. The molecular weight excluding hydrogens is 439 g/mol. The molecule has 146 valence electrons. The van der Waals surface area contributed by atoms with E-state index in [1.54, 1.807) is 0 Å². The number of carbonyl (C=O) groups excluding carboxylic acids is 1. The van der Waals surface area contributed by atoms with Crippen LogP contribution in [-0.4, -0.2) is 49.4 Å². The summed E-state index contributed by atoms with van der Waals surface area (Å²) < 4.78 is 75.8. The minimum Gasteiger partial charge on any atom is -0.332 e. The number of rotatable bonds is 2. The monoisotopic (exact) mass is 457 g/mol. The maximum atomic E-state index is 14.8. The molecule has 1 aliphatic rings. The van der Waals surface area contributed by atoms with Gasteiger partial charge >= 0.3 is 0 Å². The average molecular weight is 458 g/mol. The van der Waals surface area contributed by atoms with Crippen molar-refractivity contribution in [3.8, 4) is 0 Å². The van der Waals surface area contributed by atoms with Gasteiger partial charge in [0.25, 0.3) is 17.6 Å². The lowest BCUT2D eigenvalue weighted by atomic mass is 9.91. The minimum absolute atomic E-state index is 0.00923. The molecule has 0 bridgehead atoms. The van der Waals surface area contributed by atoms with Crippen LogP contribution in [0.4, 0.5) is 13.2 Å². The predicted molar refractivity (Wildman–Crippen MR) is 97.8 cm³/mol. The summed E-state index contributed by atoms with van der Waals surface area (Å²) in [6, 6.07) is 4.39. The summed E-state index contributed by atoms with van der Waals surface area (Å²) in [5, 5.41) is 3.90. The second-order valence-electron chi connectivity index (χ2n) is 6.42. The molecule has 1 saturated heterocycles. The molecule has 4 rings (SSSR count). The van der Waals surface area contributed by atoms with Crippen molar-refractivity contribution in [1.82, 2.24) is 24.5 Å². The SMILES string of the molecule is [2H]C([2H])([2H])c1cc(C2([2H])CN(C(=O)c3ccc(F)c(Br)c3)CC(F)(F)C2)n2ncnc2n1. The molecule has 1 fully saturated rings. The van der Waals surface area contributed by atoms with Gasteiger partial charge in [-0.25, -0.2) is 22.7 Å². The van der Waals surface area contributed by atoms with Crippen LogP contribution in [0.2, 0.25) is 0 Å². The van der Waals surface area contributed by atoms with Crippen molar-refractivity contribution in [2.75, 3.05) is 13.1 Å². The van der Waals surface area contributed by atoms with E-state index in [9.17, 15) is 18.0 Å². The van der Waals surface area contributed by atoms with E-state index in [1.165, 1.54) is 6.07 Å². The van der Waals surface area contributed by atoms with Gasteiger partial charge in [0, 0.05) is 35.6 Å². The maximum absolute atomic E-state index is 14.8. The zero-order chi connectivity index (χ0) is 23.5. The fourth-order valence-corrected chi connectivity index (χ4v) is 3.56. The van der Waals surface area contributed by atoms with Crippen LogP contribution in [0.1, 0.15) is 39.5 Å². The number of piperidine rings is 1. The van der Waals surface area contributed by atoms with Gasteiger partial charge in [-0.05, 0) is 47.0 Å². The van der Waals surface area contributed by atoms with Crippen LogP contribution in [0.3, 0.4) is 0 Å². The molecule has 28 heavy (non-hydrogen) atoms. The number of aromatic nitrogens is 4. The smallest absolute Gasteiger partial charge is 0.266 e. The second kappa shape index (κ2) is 6.84. The molecule has 2 aromatic heterocycles. The van der Waals surface area contributed by atoms with Gasteiger partial charge in [-0.1, -0.05) is 0 Å². The predicted octanol–water partition coefficient (Wildman–Crippen LogP) is 3.60. The first-order chi connectivity index (χ1) is 14.8. The molecule has 1 atom stereocenters. The molecule has 0 aliphatic carbocycles. The van der Waals surface area contributed by atoms with Crippen LogP contribution in [-0.2, 0) is 0 Å². The molecule has 0 spiro atoms. The second-order valence-corrected chi connectivity index (χ2v) is 7.28. The highest BCUT2D eigenvalue weighted by Gasteiger charge is 2.43. The summed E-state index contributed by atoms with van der Waals surface area (Å²) in [5.41, 5.74) is -0.639. The van der Waals surface area contributed by atoms with Gasteiger partial charge in [0.1, 0.15) is 12.1 Å². The molecule has 1 aromatic carbocycles. The number of alkyl halides is 2. The Kier molecular flexibility index (Phi) is 3.54. The van der Waals surface area contributed by atoms with E-state index in [0.29, 0.717) is 0 Å². The van der Waals surface area contributed by atoms with Crippen molar-refractivity contribution >= 4 is 27.6 Å². The minimum atomic E-state index is -3.46. The number of halogens is 4. The van der Waals surface area contributed by atoms with E-state index in [0.717, 1.165) is 33.9 Å². The normalized spacial score (nSPS) is 24.4. The molecule has 1 aliphatic heterocycles. The standard InChI is InChI=1S/C18H15BrF3N5O/c1-10-4-15(27-17(25-10)23-9-24-27)12-6-18(21,22)8-26(7-12)16(28)11-2-3-14(20)13(19)5-11/h2-5,9,12H,6-8H2,1H3/i1D3,12D. The van der Waals surface area contributed by atoms with Gasteiger partial charge < -0.3 is 4.90 Å². The Balaban J connectivity index is 1.80. The first-order valence-corrected chi connectivity index (χ1v) is 8.92. The van der Waals surface area contributed by atoms with Crippen LogP contribution in [0, 0.1) is 12.7 Å². The molecule has 6 nitrogen and oxygen atoms in total. The van der Waals surface area contributed by atoms with Crippen molar-refractivity contribution in [3.63, 3.8) is 0 Å². The molecule has 1 unspecified atom stereocenters. The highest BCUT2D eigenvalue weighted by molar-refractivity contribution is 9.10. The van der Waals surface area contributed by atoms with Crippen LogP contribution in [0.5, 0.6) is 0 Å². The molecule has 3 aromatic rings. The molecule has 1 amide bonds. The van der Waals surface area contributed by atoms with Gasteiger partial charge in [-0.15, -0.1) is 0 Å². The van der Waals surface area contributed by atoms with Gasteiger partial charge in [-0.2, -0.15) is 10.1 Å². The summed E-state index contributed by atoms with van der Waals surface area (Å²) in [4.78, 5) is 21.5. The third-order valence-corrected chi connectivity index (χ3v) is 4.95. The third-order valence-electron chi connectivity index (χ3n) is 4.34. The van der Waals surface area contributed by atoms with Crippen molar-refractivity contribution in [2.45, 2.75) is 25.1 Å². The van der Waals surface area contributed by atoms with Crippen molar-refractivity contribution < 1.29 is 23.4 Å². The molecule has 0 radical (unpaired) electrons. The number of nitrogens with zero attached hydrogens (tertiary/aromatic N) is 5. The van der Waals surface area contributed by atoms with Gasteiger partial charge in [0.15, 0.2) is 0 Å². The lowest BCUT2D eigenvalue weighted by Crippen LogP contribution is -2.49. The molecule has 10 heteroatoms. The Morgan fingerprint density at radius 1 is 1.43 bits per heavy atom. The zero-order valence-electron chi connectivity index (χ0n) is 18.2. The highest BCUT2D eigenvalue weighted by atomic mass is 79.9. The largest absolute Gasteiger partial charge is 0.332 e. The zero-order valence-corrected chi connectivity index (χ0v) is 15.8. The van der Waals surface area contributed by atoms with Gasteiger partial charge in [0.2, 0.25) is 0 Å². The molecule has 0 N–H and O–H groups in total. The number of carbonyl (C=O) groups is 1. The first-order valence-electron chi connectivity index (χ1n) is 10.1. The molecule has 3 heterocycles. The van der Waals surface area contributed by atoms with Crippen LogP contribution in [0.25, 0.3) is 5.78 Å². The summed E-state index contributed by atoms with van der Waals surface area (Å²) >= 11 is 2.96. The Morgan fingerprint density at radius 2 is 2.25 bits per heavy atom. The Hall–Kier alpha value is -2.49. The van der Waals surface area contributed by atoms with E-state index in [4.69, 9.17) is 5.48 Å². The van der Waals surface area contributed by atoms with E-state index in [2.05, 4.69) is 31.0 Å². The van der Waals surface area contributed by atoms with E-state index >= 15 is 0 Å². The fraction of sp³-hybridized carbons (Fsp3) is 0.333. The quantitative estimate of drug-likeness (QED) is 0.589. The summed E-state index contributed by atoms with van der Waals surface area (Å²) in [6.45, 7) is -4.10. The van der Waals surface area contributed by atoms with Crippen molar-refractivity contribution in [2.24, 2.45) is 0 Å². The number of hydrogen-bond acceptors (Lipinski definition) is 4. The van der Waals surface area contributed by atoms with Crippen LogP contribution in [0.15, 0.2) is 35.1 Å². The first kappa shape index (κ1) is 14.5. The number of hydrogen-bond donors (Lipinski definition) is 0. The third kappa shape index (κ3) is 3.48. The molecular formula is C18H15BrF3N5O. The Bertz CT molecular complexity index is 1220. The summed E-state index contributed by atoms with van der Waals surface area (Å²) in [5.74, 6) is -7.17. The number of amides is 1. The van der Waals surface area contributed by atoms with Crippen molar-refractivity contribution in [3.05, 3.63) is 57.8 Å². The maximum Gasteiger partial charge on any atom is 0.266 e. The Labute approximate surface area is 172 Å². The van der Waals surface area contributed by atoms with Crippen LogP contribution >= 0.6 is 15.9 Å². The summed E-state index contributed by atoms with van der Waals surface area (Å²) in [7, 11) is 0. The Morgan fingerprint density at radius 3 is 3.00 bits per heavy atom. The number of aryl methyl sites for hydroxylation is 1. The van der Waals surface area contributed by atoms with E-state index in [-0.39, 0.29) is 21.5 Å². The highest BCUT2D eigenvalue weighted by Crippen LogP contribution is 2.37. The molecule has 0 saturated carbocycles. The van der Waals surface area contributed by atoms with Crippen molar-refractivity contribution in [1.29, 1.82) is 0 Å². The van der Waals surface area contributed by atoms with Gasteiger partial charge in [0.05, 0.1) is 16.7 Å². The number of likely N-dealkylation sites (tertiary alicyclic amines) is 1. The lowest BCUT2D eigenvalue weighted by Gasteiger charge is -2.37. The fourth-order valence-electron chi connectivity index (χ4n) is 3.18. The van der Waals surface area contributed by atoms with Gasteiger partial charge in [-0.3, -0.25) is 4.79 Å². The average Bonchev–Trinajstić information content (AvgIpc) is 3.15. The lowest BCUT2D eigenvalue weighted by molar-refractivity contribution is -0.0641. The summed E-state index contributed by atoms with van der Waals surface area (Å²) in [6.07, 6.45) is 0.0920. The number of fused-ring (bicyclic) bond motifs is 1.